The Morgan fingerprint density at radius 2 is 1.69 bits per heavy atom. The second-order valence-electron chi connectivity index (χ2n) is 7.32. The number of aromatic nitrogens is 3. The van der Waals surface area contributed by atoms with Crippen LogP contribution in [0.15, 0.2) is 46.9 Å². The fourth-order valence-corrected chi connectivity index (χ4v) is 3.33. The number of ether oxygens (including phenoxy) is 1. The smallest absolute Gasteiger partial charge is 0.422 e. The summed E-state index contributed by atoms with van der Waals surface area (Å²) in [6, 6.07) is 13.3. The first-order chi connectivity index (χ1) is 15.4. The van der Waals surface area contributed by atoms with Crippen LogP contribution < -0.4 is 19.9 Å². The van der Waals surface area contributed by atoms with Crippen LogP contribution in [0.1, 0.15) is 11.5 Å². The molecular formula is C21H23F3N6O2. The van der Waals surface area contributed by atoms with Gasteiger partial charge in [-0.3, -0.25) is 0 Å². The van der Waals surface area contributed by atoms with Crippen molar-refractivity contribution in [1.82, 2.24) is 15.0 Å². The van der Waals surface area contributed by atoms with Gasteiger partial charge in [-0.1, -0.05) is 18.2 Å². The molecule has 0 aliphatic carbocycles. The molecule has 2 aromatic heterocycles. The van der Waals surface area contributed by atoms with E-state index in [4.69, 9.17) is 9.15 Å². The van der Waals surface area contributed by atoms with Gasteiger partial charge >= 0.3 is 12.2 Å². The molecule has 1 N–H and O–H groups in total. The van der Waals surface area contributed by atoms with E-state index in [0.717, 1.165) is 24.5 Å². The van der Waals surface area contributed by atoms with Crippen LogP contribution in [-0.4, -0.2) is 53.9 Å². The number of furan rings is 1. The fraction of sp³-hybridized carbons (Fsp3) is 0.381. The van der Waals surface area contributed by atoms with Crippen molar-refractivity contribution < 1.29 is 22.3 Å². The topological polar surface area (TPSA) is 79.6 Å². The molecule has 0 bridgehead atoms. The van der Waals surface area contributed by atoms with Gasteiger partial charge in [-0.15, -0.1) is 0 Å². The highest BCUT2D eigenvalue weighted by Gasteiger charge is 2.29. The molecule has 1 saturated heterocycles. The van der Waals surface area contributed by atoms with Crippen molar-refractivity contribution in [3.05, 3.63) is 54.0 Å². The van der Waals surface area contributed by atoms with Crippen LogP contribution in [0.2, 0.25) is 0 Å². The maximum Gasteiger partial charge on any atom is 0.422 e. The van der Waals surface area contributed by atoms with Crippen LogP contribution in [0.3, 0.4) is 0 Å². The van der Waals surface area contributed by atoms with Gasteiger partial charge in [-0.25, -0.2) is 0 Å². The number of piperazine rings is 1. The third-order valence-corrected chi connectivity index (χ3v) is 4.87. The lowest BCUT2D eigenvalue weighted by Gasteiger charge is -2.36. The van der Waals surface area contributed by atoms with Gasteiger partial charge in [0.25, 0.3) is 0 Å². The number of rotatable bonds is 7. The monoisotopic (exact) mass is 448 g/mol. The second-order valence-corrected chi connectivity index (χ2v) is 7.32. The number of alkyl halides is 3. The van der Waals surface area contributed by atoms with Crippen molar-refractivity contribution in [1.29, 1.82) is 0 Å². The summed E-state index contributed by atoms with van der Waals surface area (Å²) < 4.78 is 48.2. The Hall–Kier alpha value is -3.50. The lowest BCUT2D eigenvalue weighted by atomic mass is 10.2. The number of hydrogen-bond acceptors (Lipinski definition) is 8. The summed E-state index contributed by atoms with van der Waals surface area (Å²) in [5.74, 6) is 1.79. The maximum atomic E-state index is 12.6. The van der Waals surface area contributed by atoms with Crippen molar-refractivity contribution in [3.63, 3.8) is 0 Å². The number of nitrogens with one attached hydrogen (secondary N) is 1. The average molecular weight is 448 g/mol. The predicted octanol–water partition coefficient (Wildman–Crippen LogP) is 3.65. The molecule has 1 aromatic carbocycles. The SMILES string of the molecule is Cc1ccc(CNc2nc(OCC(F)(F)F)nc(N3CCN(c4ccccc4)CC3)n2)o1. The van der Waals surface area contributed by atoms with E-state index >= 15 is 0 Å². The number of hydrogen-bond donors (Lipinski definition) is 1. The molecule has 0 unspecified atom stereocenters. The second kappa shape index (κ2) is 9.33. The standard InChI is InChI=1S/C21H23F3N6O2/c1-15-7-8-17(32-15)13-25-18-26-19(28-20(27-18)31-14-21(22,23)24)30-11-9-29(10-12-30)16-5-3-2-4-6-16/h2-8H,9-14H2,1H3,(H,25,26,27,28). The summed E-state index contributed by atoms with van der Waals surface area (Å²) in [6.45, 7) is 3.28. The largest absolute Gasteiger partial charge is 0.465 e. The van der Waals surface area contributed by atoms with Crippen LogP contribution >= 0.6 is 0 Å². The number of benzene rings is 1. The van der Waals surface area contributed by atoms with Gasteiger partial charge in [-0.2, -0.15) is 28.1 Å². The Bertz CT molecular complexity index is 1020. The average Bonchev–Trinajstić information content (AvgIpc) is 3.21. The number of para-hydroxylation sites is 1. The molecule has 0 atom stereocenters. The molecule has 11 heteroatoms. The van der Waals surface area contributed by atoms with Crippen molar-refractivity contribution in [2.24, 2.45) is 0 Å². The first kappa shape index (κ1) is 21.7. The molecule has 8 nitrogen and oxygen atoms in total. The lowest BCUT2D eigenvalue weighted by molar-refractivity contribution is -0.154. The molecule has 32 heavy (non-hydrogen) atoms. The molecule has 0 amide bonds. The van der Waals surface area contributed by atoms with Crippen molar-refractivity contribution in [3.8, 4) is 6.01 Å². The minimum atomic E-state index is -4.49. The Morgan fingerprint density at radius 1 is 0.969 bits per heavy atom. The number of anilines is 3. The fourth-order valence-electron chi connectivity index (χ4n) is 3.33. The van der Waals surface area contributed by atoms with Gasteiger partial charge in [0.1, 0.15) is 11.5 Å². The zero-order valence-corrected chi connectivity index (χ0v) is 17.5. The molecule has 4 rings (SSSR count). The van der Waals surface area contributed by atoms with Crippen LogP contribution in [0.25, 0.3) is 0 Å². The number of halogens is 3. The first-order valence-corrected chi connectivity index (χ1v) is 10.2. The molecule has 3 aromatic rings. The van der Waals surface area contributed by atoms with Gasteiger partial charge in [0.2, 0.25) is 11.9 Å². The van der Waals surface area contributed by atoms with Gasteiger partial charge in [-0.05, 0) is 31.2 Å². The summed E-state index contributed by atoms with van der Waals surface area (Å²) in [7, 11) is 0. The van der Waals surface area contributed by atoms with Crippen LogP contribution in [-0.2, 0) is 6.54 Å². The van der Waals surface area contributed by atoms with E-state index in [9.17, 15) is 13.2 Å². The van der Waals surface area contributed by atoms with E-state index in [1.807, 2.05) is 48.2 Å². The summed E-state index contributed by atoms with van der Waals surface area (Å²) in [5, 5.41) is 2.97. The Balaban J connectivity index is 1.48. The predicted molar refractivity (Wildman–Crippen MR) is 113 cm³/mol. The van der Waals surface area contributed by atoms with E-state index < -0.39 is 12.8 Å². The highest BCUT2D eigenvalue weighted by molar-refractivity contribution is 5.48. The minimum absolute atomic E-state index is 0.117. The van der Waals surface area contributed by atoms with E-state index in [2.05, 4.69) is 25.2 Å². The quantitative estimate of drug-likeness (QED) is 0.587. The summed E-state index contributed by atoms with van der Waals surface area (Å²) in [5.41, 5.74) is 1.12. The van der Waals surface area contributed by atoms with E-state index in [1.165, 1.54) is 0 Å². The minimum Gasteiger partial charge on any atom is -0.465 e. The van der Waals surface area contributed by atoms with E-state index in [0.29, 0.717) is 18.8 Å². The molecule has 0 saturated carbocycles. The number of nitrogens with zero attached hydrogens (tertiary/aromatic N) is 5. The first-order valence-electron chi connectivity index (χ1n) is 10.2. The molecular weight excluding hydrogens is 425 g/mol. The normalized spacial score (nSPS) is 14.5. The molecule has 0 spiro atoms. The van der Waals surface area contributed by atoms with Crippen molar-refractivity contribution in [2.75, 3.05) is 47.9 Å². The maximum absolute atomic E-state index is 12.6. The van der Waals surface area contributed by atoms with Crippen LogP contribution in [0.5, 0.6) is 6.01 Å². The van der Waals surface area contributed by atoms with E-state index in [1.54, 1.807) is 6.07 Å². The zero-order valence-electron chi connectivity index (χ0n) is 17.5. The van der Waals surface area contributed by atoms with Crippen LogP contribution in [0.4, 0.5) is 30.8 Å². The Kier molecular flexibility index (Phi) is 6.33. The molecule has 1 aliphatic heterocycles. The Labute approximate surface area is 183 Å². The van der Waals surface area contributed by atoms with Gasteiger partial charge in [0.15, 0.2) is 6.61 Å². The Morgan fingerprint density at radius 3 is 2.34 bits per heavy atom. The summed E-state index contributed by atoms with van der Waals surface area (Å²) >= 11 is 0. The third kappa shape index (κ3) is 5.80. The third-order valence-electron chi connectivity index (χ3n) is 4.87. The summed E-state index contributed by atoms with van der Waals surface area (Å²) in [4.78, 5) is 16.6. The van der Waals surface area contributed by atoms with E-state index in [-0.39, 0.29) is 24.5 Å². The summed E-state index contributed by atoms with van der Waals surface area (Å²) in [6.07, 6.45) is -4.49. The van der Waals surface area contributed by atoms with Crippen molar-refractivity contribution in [2.45, 2.75) is 19.6 Å². The van der Waals surface area contributed by atoms with Crippen molar-refractivity contribution >= 4 is 17.6 Å². The molecule has 1 fully saturated rings. The van der Waals surface area contributed by atoms with Gasteiger partial charge in [0.05, 0.1) is 6.54 Å². The molecule has 170 valence electrons. The molecule has 3 heterocycles. The van der Waals surface area contributed by atoms with Crippen LogP contribution in [0, 0.1) is 6.92 Å². The van der Waals surface area contributed by atoms with Gasteiger partial charge in [0, 0.05) is 31.9 Å². The highest BCUT2D eigenvalue weighted by Crippen LogP contribution is 2.22. The zero-order chi connectivity index (χ0) is 22.6. The molecule has 0 radical (unpaired) electrons. The highest BCUT2D eigenvalue weighted by atomic mass is 19.4. The number of aryl methyl sites for hydroxylation is 1. The van der Waals surface area contributed by atoms with Gasteiger partial charge < -0.3 is 24.3 Å². The molecule has 1 aliphatic rings. The lowest BCUT2D eigenvalue weighted by Crippen LogP contribution is -2.47.